The van der Waals surface area contributed by atoms with Gasteiger partial charge in [-0.2, -0.15) is 0 Å². The van der Waals surface area contributed by atoms with E-state index in [1.54, 1.807) is 13.3 Å². The van der Waals surface area contributed by atoms with Crippen LogP contribution in [0.1, 0.15) is 12.0 Å². The van der Waals surface area contributed by atoms with Crippen LogP contribution in [-0.4, -0.2) is 18.7 Å². The number of aromatic nitrogens is 1. The molecule has 59 valence electrons. The van der Waals surface area contributed by atoms with Crippen molar-refractivity contribution in [3.8, 4) is 0 Å². The summed E-state index contributed by atoms with van der Waals surface area (Å²) >= 11 is 0. The van der Waals surface area contributed by atoms with Gasteiger partial charge in [0, 0.05) is 19.9 Å². The normalized spacial score (nSPS) is 9.91. The molecule has 1 aromatic heterocycles. The minimum atomic E-state index is 0.808. The number of pyridine rings is 1. The Morgan fingerprint density at radius 3 is 3.18 bits per heavy atom. The molecular formula is C9H12NO. The van der Waals surface area contributed by atoms with E-state index in [0.29, 0.717) is 0 Å². The van der Waals surface area contributed by atoms with E-state index in [-0.39, 0.29) is 0 Å². The smallest absolute Gasteiger partial charge is 0.0920 e. The topological polar surface area (TPSA) is 22.1 Å². The molecule has 1 rings (SSSR count). The summed E-state index contributed by atoms with van der Waals surface area (Å²) in [6.45, 7) is 0.808. The summed E-state index contributed by atoms with van der Waals surface area (Å²) in [5.74, 6) is 0. The van der Waals surface area contributed by atoms with Crippen LogP contribution in [-0.2, 0) is 11.2 Å². The second-order valence-corrected chi connectivity index (χ2v) is 2.37. The number of methoxy groups -OCH3 is 1. The van der Waals surface area contributed by atoms with Gasteiger partial charge in [-0.1, -0.05) is 6.07 Å². The van der Waals surface area contributed by atoms with Crippen LogP contribution in [0.5, 0.6) is 0 Å². The van der Waals surface area contributed by atoms with E-state index in [1.165, 1.54) is 0 Å². The Morgan fingerprint density at radius 1 is 1.64 bits per heavy atom. The van der Waals surface area contributed by atoms with Crippen LogP contribution in [0.2, 0.25) is 0 Å². The molecule has 0 aliphatic heterocycles. The molecule has 0 aliphatic rings. The van der Waals surface area contributed by atoms with Gasteiger partial charge in [-0.25, -0.2) is 0 Å². The third-order valence-electron chi connectivity index (χ3n) is 1.46. The van der Waals surface area contributed by atoms with Gasteiger partial charge in [0.15, 0.2) is 0 Å². The van der Waals surface area contributed by atoms with Gasteiger partial charge < -0.3 is 4.74 Å². The highest BCUT2D eigenvalue weighted by Crippen LogP contribution is 1.98. The predicted molar refractivity (Wildman–Crippen MR) is 43.3 cm³/mol. The molecule has 0 spiro atoms. The van der Waals surface area contributed by atoms with E-state index in [1.807, 2.05) is 12.1 Å². The first-order valence-electron chi connectivity index (χ1n) is 3.74. The van der Waals surface area contributed by atoms with Crippen LogP contribution in [0.25, 0.3) is 0 Å². The zero-order chi connectivity index (χ0) is 7.94. The lowest BCUT2D eigenvalue weighted by atomic mass is 10.2. The summed E-state index contributed by atoms with van der Waals surface area (Å²) in [7, 11) is 1.72. The van der Waals surface area contributed by atoms with E-state index in [0.717, 1.165) is 25.0 Å². The molecule has 1 heterocycles. The van der Waals surface area contributed by atoms with Crippen molar-refractivity contribution in [2.24, 2.45) is 0 Å². The zero-order valence-electron chi connectivity index (χ0n) is 6.71. The molecule has 0 bridgehead atoms. The molecule has 1 radical (unpaired) electrons. The van der Waals surface area contributed by atoms with Gasteiger partial charge in [-0.15, -0.1) is 0 Å². The maximum atomic E-state index is 4.93. The second-order valence-electron chi connectivity index (χ2n) is 2.37. The van der Waals surface area contributed by atoms with Crippen LogP contribution in [0, 0.1) is 6.20 Å². The first-order valence-corrected chi connectivity index (χ1v) is 3.74. The number of rotatable bonds is 4. The van der Waals surface area contributed by atoms with Crippen LogP contribution in [0.4, 0.5) is 0 Å². The van der Waals surface area contributed by atoms with Crippen LogP contribution in [0.3, 0.4) is 0 Å². The summed E-state index contributed by atoms with van der Waals surface area (Å²) in [5, 5.41) is 0. The van der Waals surface area contributed by atoms with Crippen molar-refractivity contribution in [1.29, 1.82) is 0 Å². The summed E-state index contributed by atoms with van der Waals surface area (Å²) in [6.07, 6.45) is 6.70. The summed E-state index contributed by atoms with van der Waals surface area (Å²) in [6, 6.07) is 3.96. The second kappa shape index (κ2) is 4.85. The van der Waals surface area contributed by atoms with Crippen LogP contribution < -0.4 is 0 Å². The minimum Gasteiger partial charge on any atom is -0.385 e. The van der Waals surface area contributed by atoms with E-state index in [4.69, 9.17) is 4.74 Å². The van der Waals surface area contributed by atoms with Crippen LogP contribution in [0.15, 0.2) is 18.3 Å². The van der Waals surface area contributed by atoms with Crippen molar-refractivity contribution >= 4 is 0 Å². The van der Waals surface area contributed by atoms with E-state index < -0.39 is 0 Å². The third kappa shape index (κ3) is 3.14. The van der Waals surface area contributed by atoms with Gasteiger partial charge in [-0.05, 0) is 24.5 Å². The Morgan fingerprint density at radius 2 is 2.55 bits per heavy atom. The maximum Gasteiger partial charge on any atom is 0.0920 e. The van der Waals surface area contributed by atoms with Crippen molar-refractivity contribution in [3.63, 3.8) is 0 Å². The van der Waals surface area contributed by atoms with Gasteiger partial charge in [0.25, 0.3) is 0 Å². The van der Waals surface area contributed by atoms with Crippen molar-refractivity contribution < 1.29 is 4.74 Å². The highest BCUT2D eigenvalue weighted by molar-refractivity contribution is 5.06. The Bertz CT molecular complexity index is 186. The van der Waals surface area contributed by atoms with Gasteiger partial charge >= 0.3 is 0 Å². The molecule has 0 saturated carbocycles. The largest absolute Gasteiger partial charge is 0.385 e. The average molecular weight is 150 g/mol. The molecule has 0 aliphatic carbocycles. The van der Waals surface area contributed by atoms with Crippen molar-refractivity contribution in [2.45, 2.75) is 12.8 Å². The first-order chi connectivity index (χ1) is 5.43. The highest BCUT2D eigenvalue weighted by Gasteiger charge is 1.91. The van der Waals surface area contributed by atoms with Gasteiger partial charge in [-0.3, -0.25) is 4.98 Å². The summed E-state index contributed by atoms with van der Waals surface area (Å²) in [4.78, 5) is 3.90. The molecule has 2 nitrogen and oxygen atoms in total. The molecule has 0 atom stereocenters. The van der Waals surface area contributed by atoms with Crippen molar-refractivity contribution in [3.05, 3.63) is 30.1 Å². The number of hydrogen-bond acceptors (Lipinski definition) is 2. The SMILES string of the molecule is COCCCc1[c]nccc1. The van der Waals surface area contributed by atoms with Gasteiger partial charge in [0.05, 0.1) is 6.20 Å². The van der Waals surface area contributed by atoms with Crippen molar-refractivity contribution in [1.82, 2.24) is 4.98 Å². The molecule has 2 heteroatoms. The third-order valence-corrected chi connectivity index (χ3v) is 1.46. The number of ether oxygens (including phenoxy) is 1. The predicted octanol–water partition coefficient (Wildman–Crippen LogP) is 1.46. The number of aryl methyl sites for hydroxylation is 1. The summed E-state index contributed by atoms with van der Waals surface area (Å²) < 4.78 is 4.93. The Hall–Kier alpha value is -0.890. The molecular weight excluding hydrogens is 138 g/mol. The minimum absolute atomic E-state index is 0.808. The van der Waals surface area contributed by atoms with E-state index in [2.05, 4.69) is 11.2 Å². The summed E-state index contributed by atoms with van der Waals surface area (Å²) in [5.41, 5.74) is 1.16. The lowest BCUT2D eigenvalue weighted by Crippen LogP contribution is -1.92. The molecule has 0 amide bonds. The first kappa shape index (κ1) is 8.21. The molecule has 0 aromatic carbocycles. The lowest BCUT2D eigenvalue weighted by Gasteiger charge is -1.97. The van der Waals surface area contributed by atoms with E-state index >= 15 is 0 Å². The molecule has 1 aromatic rings. The van der Waals surface area contributed by atoms with E-state index in [9.17, 15) is 0 Å². The Balaban J connectivity index is 2.28. The standard InChI is InChI=1S/C9H12NO/c1-11-7-3-5-9-4-2-6-10-8-9/h2,4,6H,3,5,7H2,1H3. The Labute approximate surface area is 67.2 Å². The molecule has 0 unspecified atom stereocenters. The maximum absolute atomic E-state index is 4.93. The Kier molecular flexibility index (Phi) is 3.62. The molecule has 0 saturated heterocycles. The monoisotopic (exact) mass is 150 g/mol. The quantitative estimate of drug-likeness (QED) is 0.606. The van der Waals surface area contributed by atoms with Gasteiger partial charge in [0.2, 0.25) is 0 Å². The number of nitrogens with zero attached hydrogens (tertiary/aromatic N) is 1. The zero-order valence-corrected chi connectivity index (χ0v) is 6.71. The fourth-order valence-corrected chi connectivity index (χ4v) is 0.906. The van der Waals surface area contributed by atoms with Gasteiger partial charge in [0.1, 0.15) is 0 Å². The molecule has 0 N–H and O–H groups in total. The lowest BCUT2D eigenvalue weighted by molar-refractivity contribution is 0.195. The fourth-order valence-electron chi connectivity index (χ4n) is 0.906. The molecule has 11 heavy (non-hydrogen) atoms. The fraction of sp³-hybridized carbons (Fsp3) is 0.444. The highest BCUT2D eigenvalue weighted by atomic mass is 16.5. The van der Waals surface area contributed by atoms with Crippen molar-refractivity contribution in [2.75, 3.05) is 13.7 Å². The average Bonchev–Trinajstić information content (AvgIpc) is 2.07. The molecule has 0 fully saturated rings. The van der Waals surface area contributed by atoms with Crippen LogP contribution >= 0.6 is 0 Å². The number of hydrogen-bond donors (Lipinski definition) is 0.